The number of pyridine rings is 1. The highest BCUT2D eigenvalue weighted by Gasteiger charge is 2.22. The first-order valence-electron chi connectivity index (χ1n) is 7.76. The highest BCUT2D eigenvalue weighted by atomic mass is 16.7. The van der Waals surface area contributed by atoms with Gasteiger partial charge in [0.25, 0.3) is 0 Å². The van der Waals surface area contributed by atoms with Crippen molar-refractivity contribution in [1.82, 2.24) is 4.98 Å². The van der Waals surface area contributed by atoms with E-state index < -0.39 is 0 Å². The van der Waals surface area contributed by atoms with Crippen molar-refractivity contribution in [2.75, 3.05) is 12.1 Å². The zero-order chi connectivity index (χ0) is 14.2. The lowest BCUT2D eigenvalue weighted by molar-refractivity contribution is 0.174. The Hall–Kier alpha value is -1.97. The molecule has 2 aromatic rings. The Balaban J connectivity index is 1.68. The fraction of sp³-hybridized carbons (Fsp3) is 0.471. The van der Waals surface area contributed by atoms with Crippen molar-refractivity contribution in [3.8, 4) is 11.5 Å². The average Bonchev–Trinajstić information content (AvgIpc) is 3.16. The number of nitrogens with zero attached hydrogens (tertiary/aromatic N) is 1. The minimum atomic E-state index is 0.306. The molecule has 2 aliphatic rings. The molecule has 2 heterocycles. The van der Waals surface area contributed by atoms with Gasteiger partial charge in [0.05, 0.1) is 0 Å². The number of aromatic nitrogens is 1. The van der Waals surface area contributed by atoms with E-state index in [0.29, 0.717) is 12.8 Å². The second kappa shape index (κ2) is 5.10. The molecule has 1 saturated carbocycles. The van der Waals surface area contributed by atoms with Crippen LogP contribution in [0.2, 0.25) is 0 Å². The summed E-state index contributed by atoms with van der Waals surface area (Å²) in [5.41, 5.74) is 0. The summed E-state index contributed by atoms with van der Waals surface area (Å²) < 4.78 is 10.9. The van der Waals surface area contributed by atoms with Crippen LogP contribution in [-0.2, 0) is 0 Å². The molecule has 21 heavy (non-hydrogen) atoms. The molecule has 4 rings (SSSR count). The summed E-state index contributed by atoms with van der Waals surface area (Å²) in [6.07, 6.45) is 7.22. The van der Waals surface area contributed by atoms with Crippen molar-refractivity contribution in [3.63, 3.8) is 0 Å². The summed E-state index contributed by atoms with van der Waals surface area (Å²) >= 11 is 0. The Morgan fingerprint density at radius 2 is 1.95 bits per heavy atom. The number of fused-ring (bicyclic) bond motifs is 2. The van der Waals surface area contributed by atoms with Gasteiger partial charge in [0.15, 0.2) is 11.5 Å². The third kappa shape index (κ3) is 2.28. The van der Waals surface area contributed by atoms with Crippen LogP contribution in [0.15, 0.2) is 24.4 Å². The van der Waals surface area contributed by atoms with Gasteiger partial charge in [0.1, 0.15) is 5.82 Å². The minimum Gasteiger partial charge on any atom is -0.454 e. The molecule has 1 aromatic heterocycles. The lowest BCUT2D eigenvalue weighted by Crippen LogP contribution is -2.24. The van der Waals surface area contributed by atoms with Gasteiger partial charge in [0.2, 0.25) is 6.79 Å². The zero-order valence-electron chi connectivity index (χ0n) is 12.3. The molecule has 4 nitrogen and oxygen atoms in total. The molecule has 1 unspecified atom stereocenters. The Morgan fingerprint density at radius 1 is 1.19 bits per heavy atom. The topological polar surface area (TPSA) is 43.4 Å². The molecular formula is C17H20N2O2. The molecule has 0 amide bonds. The number of benzene rings is 1. The van der Waals surface area contributed by atoms with Gasteiger partial charge < -0.3 is 14.8 Å². The van der Waals surface area contributed by atoms with Crippen molar-refractivity contribution >= 4 is 16.6 Å². The number of nitrogens with one attached hydrogen (secondary N) is 1. The molecule has 0 spiro atoms. The van der Waals surface area contributed by atoms with Crippen LogP contribution < -0.4 is 14.8 Å². The van der Waals surface area contributed by atoms with E-state index in [4.69, 9.17) is 9.47 Å². The normalized spacial score (nSPS) is 19.1. The second-order valence-corrected chi connectivity index (χ2v) is 6.06. The predicted octanol–water partition coefficient (Wildman–Crippen LogP) is 3.95. The minimum absolute atomic E-state index is 0.306. The van der Waals surface area contributed by atoms with Gasteiger partial charge >= 0.3 is 0 Å². The molecule has 0 bridgehead atoms. The van der Waals surface area contributed by atoms with Crippen molar-refractivity contribution < 1.29 is 9.47 Å². The summed E-state index contributed by atoms with van der Waals surface area (Å²) in [4.78, 5) is 4.54. The van der Waals surface area contributed by atoms with Gasteiger partial charge in [-0.1, -0.05) is 12.8 Å². The van der Waals surface area contributed by atoms with Crippen molar-refractivity contribution in [3.05, 3.63) is 24.4 Å². The molecule has 4 heteroatoms. The first kappa shape index (κ1) is 12.7. The number of anilines is 1. The molecule has 0 saturated heterocycles. The molecule has 1 fully saturated rings. The first-order valence-corrected chi connectivity index (χ1v) is 7.76. The summed E-state index contributed by atoms with van der Waals surface area (Å²) in [6.45, 7) is 2.57. The largest absolute Gasteiger partial charge is 0.454 e. The van der Waals surface area contributed by atoms with Crippen LogP contribution in [0.25, 0.3) is 10.8 Å². The predicted molar refractivity (Wildman–Crippen MR) is 82.9 cm³/mol. The van der Waals surface area contributed by atoms with E-state index >= 15 is 0 Å². The maximum atomic E-state index is 5.49. The van der Waals surface area contributed by atoms with Gasteiger partial charge in [-0.25, -0.2) is 4.98 Å². The Bertz CT molecular complexity index is 665. The van der Waals surface area contributed by atoms with Crippen molar-refractivity contribution in [1.29, 1.82) is 0 Å². The van der Waals surface area contributed by atoms with Gasteiger partial charge in [-0.15, -0.1) is 0 Å². The molecule has 110 valence electrons. The molecule has 0 radical (unpaired) electrons. The summed E-state index contributed by atoms with van der Waals surface area (Å²) in [6, 6.07) is 6.54. The Kier molecular flexibility index (Phi) is 3.09. The molecule has 1 aliphatic carbocycles. The third-order valence-corrected chi connectivity index (χ3v) is 4.73. The molecule has 1 aliphatic heterocycles. The maximum absolute atomic E-state index is 5.49. The molecule has 1 N–H and O–H groups in total. The van der Waals surface area contributed by atoms with Gasteiger partial charge in [-0.3, -0.25) is 0 Å². The Morgan fingerprint density at radius 3 is 2.76 bits per heavy atom. The van der Waals surface area contributed by atoms with Crippen LogP contribution in [-0.4, -0.2) is 17.8 Å². The third-order valence-electron chi connectivity index (χ3n) is 4.73. The van der Waals surface area contributed by atoms with E-state index in [0.717, 1.165) is 34.0 Å². The average molecular weight is 284 g/mol. The SMILES string of the molecule is CC(Nc1nccc2cc3c(cc12)OCO3)C1CCCC1. The fourth-order valence-electron chi connectivity index (χ4n) is 3.47. The van der Waals surface area contributed by atoms with E-state index in [9.17, 15) is 0 Å². The standard InChI is InChI=1S/C17H20N2O2/c1-11(12-4-2-3-5-12)19-17-14-9-16-15(20-10-21-16)8-13(14)6-7-18-17/h6-9,11-12H,2-5,10H2,1H3,(H,18,19). The van der Waals surface area contributed by atoms with E-state index in [2.05, 4.69) is 17.2 Å². The van der Waals surface area contributed by atoms with Crippen LogP contribution in [0.4, 0.5) is 5.82 Å². The van der Waals surface area contributed by atoms with E-state index in [1.807, 2.05) is 24.4 Å². The van der Waals surface area contributed by atoms with Crippen LogP contribution in [0, 0.1) is 5.92 Å². The number of hydrogen-bond acceptors (Lipinski definition) is 4. The monoisotopic (exact) mass is 284 g/mol. The lowest BCUT2D eigenvalue weighted by atomic mass is 9.99. The summed E-state index contributed by atoms with van der Waals surface area (Å²) in [5, 5.41) is 5.85. The van der Waals surface area contributed by atoms with E-state index in [-0.39, 0.29) is 0 Å². The maximum Gasteiger partial charge on any atom is 0.231 e. The van der Waals surface area contributed by atoms with Crippen molar-refractivity contribution in [2.24, 2.45) is 5.92 Å². The fourth-order valence-corrected chi connectivity index (χ4v) is 3.47. The van der Waals surface area contributed by atoms with Crippen LogP contribution in [0.3, 0.4) is 0 Å². The molecule has 1 aromatic carbocycles. The quantitative estimate of drug-likeness (QED) is 0.926. The zero-order valence-corrected chi connectivity index (χ0v) is 12.3. The second-order valence-electron chi connectivity index (χ2n) is 6.06. The number of ether oxygens (including phenoxy) is 2. The van der Waals surface area contributed by atoms with Gasteiger partial charge in [-0.2, -0.15) is 0 Å². The highest BCUT2D eigenvalue weighted by Crippen LogP contribution is 2.38. The van der Waals surface area contributed by atoms with E-state index in [1.54, 1.807) is 0 Å². The number of rotatable bonds is 3. The summed E-state index contributed by atoms with van der Waals surface area (Å²) in [7, 11) is 0. The van der Waals surface area contributed by atoms with Gasteiger partial charge in [-0.05, 0) is 49.3 Å². The summed E-state index contributed by atoms with van der Waals surface area (Å²) in [5.74, 6) is 3.34. The van der Waals surface area contributed by atoms with E-state index in [1.165, 1.54) is 25.7 Å². The lowest BCUT2D eigenvalue weighted by Gasteiger charge is -2.21. The van der Waals surface area contributed by atoms with Crippen LogP contribution in [0.1, 0.15) is 32.6 Å². The van der Waals surface area contributed by atoms with Crippen molar-refractivity contribution in [2.45, 2.75) is 38.6 Å². The first-order chi connectivity index (χ1) is 10.3. The smallest absolute Gasteiger partial charge is 0.231 e. The molecule has 1 atom stereocenters. The van der Waals surface area contributed by atoms with Crippen LogP contribution in [0.5, 0.6) is 11.5 Å². The van der Waals surface area contributed by atoms with Crippen LogP contribution >= 0.6 is 0 Å². The highest BCUT2D eigenvalue weighted by molar-refractivity contribution is 5.94. The van der Waals surface area contributed by atoms with Gasteiger partial charge in [0, 0.05) is 17.6 Å². The number of hydrogen-bond donors (Lipinski definition) is 1. The molecular weight excluding hydrogens is 264 g/mol. The Labute approximate surface area is 124 Å².